The van der Waals surface area contributed by atoms with Crippen LogP contribution in [-0.2, 0) is 13.0 Å². The molecule has 3 heterocycles. The average Bonchev–Trinajstić information content (AvgIpc) is 3.28. The Morgan fingerprint density at radius 3 is 2.77 bits per heavy atom. The molecule has 30 heavy (non-hydrogen) atoms. The molecule has 0 amide bonds. The lowest BCUT2D eigenvalue weighted by molar-refractivity contribution is 0.512. The van der Waals surface area contributed by atoms with E-state index in [-0.39, 0.29) is 24.8 Å². The van der Waals surface area contributed by atoms with Gasteiger partial charge in [-0.15, -0.1) is 24.8 Å². The van der Waals surface area contributed by atoms with Crippen LogP contribution < -0.4 is 5.32 Å². The summed E-state index contributed by atoms with van der Waals surface area (Å²) in [7, 11) is 0. The second-order valence-electron chi connectivity index (χ2n) is 6.93. The summed E-state index contributed by atoms with van der Waals surface area (Å²) in [6.45, 7) is 1.69. The Hall–Kier alpha value is -1.31. The molecule has 0 bridgehead atoms. The molecule has 4 nitrogen and oxygen atoms in total. The third kappa shape index (κ3) is 5.11. The third-order valence-corrected chi connectivity index (χ3v) is 7.08. The molecule has 0 aromatic heterocycles. The van der Waals surface area contributed by atoms with Crippen LogP contribution in [0.15, 0.2) is 69.6 Å². The van der Waals surface area contributed by atoms with E-state index in [9.17, 15) is 0 Å². The second kappa shape index (κ2) is 10.3. The zero-order valence-electron chi connectivity index (χ0n) is 16.0. The summed E-state index contributed by atoms with van der Waals surface area (Å²) in [5, 5.41) is 8.57. The second-order valence-corrected chi connectivity index (χ2v) is 9.16. The molecule has 0 fully saturated rings. The number of aliphatic imine (C=N–C) groups is 2. The van der Waals surface area contributed by atoms with Crippen LogP contribution in [0, 0.1) is 0 Å². The number of benzene rings is 2. The molecule has 0 aliphatic carbocycles. The average molecular weight is 500 g/mol. The molecular weight excluding hydrogens is 479 g/mol. The van der Waals surface area contributed by atoms with Crippen LogP contribution in [0.2, 0.25) is 5.02 Å². The first-order valence-electron chi connectivity index (χ1n) is 9.22. The third-order valence-electron chi connectivity index (χ3n) is 4.96. The summed E-state index contributed by atoms with van der Waals surface area (Å²) >= 11 is 9.48. The molecule has 1 N–H and O–H groups in total. The monoisotopic (exact) mass is 498 g/mol. The van der Waals surface area contributed by atoms with Crippen LogP contribution in [0.5, 0.6) is 0 Å². The maximum Gasteiger partial charge on any atom is 0.168 e. The van der Waals surface area contributed by atoms with Crippen LogP contribution in [0.4, 0.5) is 5.69 Å². The van der Waals surface area contributed by atoms with Gasteiger partial charge >= 0.3 is 0 Å². The molecule has 2 aromatic carbocycles. The van der Waals surface area contributed by atoms with Gasteiger partial charge in [-0.05, 0) is 41.2 Å². The van der Waals surface area contributed by atoms with Gasteiger partial charge in [0, 0.05) is 28.7 Å². The summed E-state index contributed by atoms with van der Waals surface area (Å²) < 4.78 is 0. The van der Waals surface area contributed by atoms with Crippen LogP contribution in [0.3, 0.4) is 0 Å². The van der Waals surface area contributed by atoms with Gasteiger partial charge in [0.05, 0.1) is 12.6 Å². The first-order valence-corrected chi connectivity index (χ1v) is 11.5. The molecule has 3 aliphatic rings. The quantitative estimate of drug-likeness (QED) is 0.554. The van der Waals surface area contributed by atoms with E-state index < -0.39 is 0 Å². The van der Waals surface area contributed by atoms with Crippen molar-refractivity contribution in [3.8, 4) is 0 Å². The van der Waals surface area contributed by atoms with Crippen molar-refractivity contribution in [3.63, 3.8) is 0 Å². The van der Waals surface area contributed by atoms with E-state index in [0.29, 0.717) is 6.04 Å². The van der Waals surface area contributed by atoms with Crippen molar-refractivity contribution in [1.29, 1.82) is 0 Å². The largest absolute Gasteiger partial charge is 0.335 e. The Bertz CT molecular complexity index is 992. The van der Waals surface area contributed by atoms with Gasteiger partial charge < -0.3 is 10.2 Å². The standard InChI is InChI=1S/C21H19ClN4S2.2ClH/c22-16-7-5-14(6-8-16)9-17-11-26-18(13-28-21(26)24-17)12-27-20-23-10-15-3-1-2-4-19(15)25-20;;/h1-8,13,17H,9-12H2,(H,23,25);2*1H. The normalized spacial score (nSPS) is 18.8. The molecule has 158 valence electrons. The van der Waals surface area contributed by atoms with Crippen molar-refractivity contribution < 1.29 is 0 Å². The van der Waals surface area contributed by atoms with Gasteiger partial charge in [0.2, 0.25) is 0 Å². The Kier molecular flexibility index (Phi) is 8.04. The van der Waals surface area contributed by atoms with E-state index in [1.54, 1.807) is 23.5 Å². The van der Waals surface area contributed by atoms with Gasteiger partial charge in [-0.3, -0.25) is 9.98 Å². The Morgan fingerprint density at radius 2 is 1.93 bits per heavy atom. The van der Waals surface area contributed by atoms with E-state index in [1.165, 1.54) is 22.5 Å². The van der Waals surface area contributed by atoms with Gasteiger partial charge in [0.15, 0.2) is 10.3 Å². The predicted molar refractivity (Wildman–Crippen MR) is 137 cm³/mol. The van der Waals surface area contributed by atoms with Crippen molar-refractivity contribution in [1.82, 2.24) is 4.90 Å². The number of hydrogen-bond acceptors (Lipinski definition) is 6. The van der Waals surface area contributed by atoms with E-state index in [0.717, 1.165) is 40.6 Å². The molecular formula is C21H21Cl3N4S2. The summed E-state index contributed by atoms with van der Waals surface area (Å²) in [4.78, 5) is 11.9. The van der Waals surface area contributed by atoms with Crippen LogP contribution in [0.1, 0.15) is 11.1 Å². The van der Waals surface area contributed by atoms with Crippen molar-refractivity contribution in [2.75, 3.05) is 17.6 Å². The Balaban J connectivity index is 0.00000128. The number of hydrogen-bond donors (Lipinski definition) is 1. The number of rotatable bonds is 4. The SMILES string of the molecule is Cl.Cl.Clc1ccc(CC2CN3C(CSC4=NCc5ccccc5N4)=CSC3=N2)cc1. The number of thioether (sulfide) groups is 2. The van der Waals surface area contributed by atoms with Crippen LogP contribution >= 0.6 is 59.9 Å². The lowest BCUT2D eigenvalue weighted by Gasteiger charge is -2.20. The first kappa shape index (κ1) is 23.4. The molecule has 0 radical (unpaired) electrons. The highest BCUT2D eigenvalue weighted by molar-refractivity contribution is 8.17. The van der Waals surface area contributed by atoms with E-state index in [4.69, 9.17) is 16.6 Å². The number of halogens is 3. The maximum absolute atomic E-state index is 5.99. The van der Waals surface area contributed by atoms with Gasteiger partial charge in [0.1, 0.15) is 0 Å². The van der Waals surface area contributed by atoms with Gasteiger partial charge in [0.25, 0.3) is 0 Å². The highest BCUT2D eigenvalue weighted by Crippen LogP contribution is 2.34. The van der Waals surface area contributed by atoms with Gasteiger partial charge in [-0.1, -0.05) is 65.5 Å². The van der Waals surface area contributed by atoms with E-state index in [2.05, 4.69) is 57.0 Å². The van der Waals surface area contributed by atoms with Crippen molar-refractivity contribution in [2.45, 2.75) is 19.0 Å². The smallest absolute Gasteiger partial charge is 0.168 e. The fourth-order valence-corrected chi connectivity index (χ4v) is 5.58. The fourth-order valence-electron chi connectivity index (χ4n) is 3.50. The van der Waals surface area contributed by atoms with Crippen LogP contribution in [0.25, 0.3) is 0 Å². The topological polar surface area (TPSA) is 40.0 Å². The summed E-state index contributed by atoms with van der Waals surface area (Å²) in [6, 6.07) is 16.7. The highest BCUT2D eigenvalue weighted by Gasteiger charge is 2.32. The highest BCUT2D eigenvalue weighted by atomic mass is 35.5. The molecule has 0 saturated carbocycles. The van der Waals surface area contributed by atoms with Gasteiger partial charge in [-0.25, -0.2) is 0 Å². The number of anilines is 1. The summed E-state index contributed by atoms with van der Waals surface area (Å²) in [5.41, 5.74) is 5.02. The molecule has 1 atom stereocenters. The summed E-state index contributed by atoms with van der Waals surface area (Å²) in [5.74, 6) is 0.897. The van der Waals surface area contributed by atoms with Gasteiger partial charge in [-0.2, -0.15) is 0 Å². The minimum atomic E-state index is 0. The number of amidine groups is 2. The molecule has 1 unspecified atom stereocenters. The molecule has 0 spiro atoms. The number of fused-ring (bicyclic) bond motifs is 2. The van der Waals surface area contributed by atoms with E-state index in [1.807, 2.05) is 12.1 Å². The maximum atomic E-state index is 5.99. The zero-order valence-corrected chi connectivity index (χ0v) is 20.0. The first-order chi connectivity index (χ1) is 13.7. The molecule has 2 aromatic rings. The van der Waals surface area contributed by atoms with Crippen molar-refractivity contribution >= 4 is 76.0 Å². The zero-order chi connectivity index (χ0) is 18.9. The summed E-state index contributed by atoms with van der Waals surface area (Å²) in [6.07, 6.45) is 0.948. The minimum absolute atomic E-state index is 0. The Morgan fingerprint density at radius 1 is 1.13 bits per heavy atom. The number of nitrogens with one attached hydrogen (secondary N) is 1. The van der Waals surface area contributed by atoms with Crippen molar-refractivity contribution in [3.05, 3.63) is 75.8 Å². The Labute approximate surface area is 202 Å². The minimum Gasteiger partial charge on any atom is -0.335 e. The lowest BCUT2D eigenvalue weighted by Crippen LogP contribution is -2.26. The molecule has 5 rings (SSSR count). The molecule has 9 heteroatoms. The predicted octanol–water partition coefficient (Wildman–Crippen LogP) is 6.07. The fraction of sp³-hybridized carbons (Fsp3) is 0.238. The molecule has 3 aliphatic heterocycles. The number of para-hydroxylation sites is 1. The van der Waals surface area contributed by atoms with Crippen molar-refractivity contribution in [2.24, 2.45) is 9.98 Å². The number of nitrogens with zero attached hydrogens (tertiary/aromatic N) is 3. The molecule has 0 saturated heterocycles. The van der Waals surface area contributed by atoms with E-state index >= 15 is 0 Å². The van der Waals surface area contributed by atoms with Crippen LogP contribution in [-0.4, -0.2) is 33.6 Å². The lowest BCUT2D eigenvalue weighted by atomic mass is 10.1.